The van der Waals surface area contributed by atoms with Gasteiger partial charge in [0.05, 0.1) is 5.69 Å². The van der Waals surface area contributed by atoms with Crippen LogP contribution in [0.4, 0.5) is 0 Å². The molecule has 0 aliphatic heterocycles. The average molecular weight is 313 g/mol. The Labute approximate surface area is 131 Å². The van der Waals surface area contributed by atoms with Crippen molar-refractivity contribution < 1.29 is 9.15 Å². The molecule has 23 heavy (non-hydrogen) atoms. The molecule has 7 nitrogen and oxygen atoms in total. The van der Waals surface area contributed by atoms with Gasteiger partial charge in [0, 0.05) is 11.8 Å². The minimum absolute atomic E-state index is 0.0118. The van der Waals surface area contributed by atoms with Crippen LogP contribution in [0.25, 0.3) is 11.1 Å². The molecule has 0 radical (unpaired) electrons. The van der Waals surface area contributed by atoms with E-state index < -0.39 is 11.2 Å². The molecule has 0 bridgehead atoms. The number of pyridine rings is 1. The van der Waals surface area contributed by atoms with Crippen LogP contribution in [0.3, 0.4) is 0 Å². The van der Waals surface area contributed by atoms with Crippen LogP contribution in [0.1, 0.15) is 23.9 Å². The summed E-state index contributed by atoms with van der Waals surface area (Å²) in [6, 6.07) is 6.84. The summed E-state index contributed by atoms with van der Waals surface area (Å²) in [5.74, 6) is 0. The highest BCUT2D eigenvalue weighted by molar-refractivity contribution is 5.75. The Bertz CT molecular complexity index is 975. The Morgan fingerprint density at radius 1 is 1.26 bits per heavy atom. The normalized spacial score (nSPS) is 10.9. The van der Waals surface area contributed by atoms with Crippen LogP contribution in [0.5, 0.6) is 6.01 Å². The van der Waals surface area contributed by atoms with Gasteiger partial charge in [-0.05, 0) is 31.0 Å². The third-order valence-corrected chi connectivity index (χ3v) is 3.36. The van der Waals surface area contributed by atoms with Gasteiger partial charge in [-0.1, -0.05) is 13.0 Å². The molecular formula is C16H15N3O4. The van der Waals surface area contributed by atoms with Crippen molar-refractivity contribution >= 4 is 11.1 Å². The number of fused-ring (bicyclic) bond motifs is 1. The van der Waals surface area contributed by atoms with Crippen LogP contribution in [-0.2, 0) is 13.0 Å². The Balaban J connectivity index is 1.96. The van der Waals surface area contributed by atoms with E-state index >= 15 is 0 Å². The zero-order chi connectivity index (χ0) is 16.4. The lowest BCUT2D eigenvalue weighted by atomic mass is 10.1. The van der Waals surface area contributed by atoms with E-state index in [1.807, 2.05) is 32.0 Å². The lowest BCUT2D eigenvalue weighted by Gasteiger charge is -2.06. The molecule has 0 aliphatic carbocycles. The first-order valence-corrected chi connectivity index (χ1v) is 7.19. The summed E-state index contributed by atoms with van der Waals surface area (Å²) in [7, 11) is 0. The molecule has 0 spiro atoms. The number of hydrogen-bond acceptors (Lipinski definition) is 6. The molecule has 0 aliphatic rings. The van der Waals surface area contributed by atoms with Gasteiger partial charge in [0.1, 0.15) is 12.0 Å². The second-order valence-electron chi connectivity index (χ2n) is 5.05. The van der Waals surface area contributed by atoms with Crippen LogP contribution in [0.15, 0.2) is 38.3 Å². The fraction of sp³-hybridized carbons (Fsp3) is 0.250. The summed E-state index contributed by atoms with van der Waals surface area (Å²) in [6.07, 6.45) is 0.528. The minimum atomic E-state index is -0.543. The molecule has 0 unspecified atom stereocenters. The molecule has 3 rings (SSSR count). The predicted octanol–water partition coefficient (Wildman–Crippen LogP) is 1.72. The molecule has 0 amide bonds. The molecule has 0 saturated carbocycles. The Morgan fingerprint density at radius 3 is 2.83 bits per heavy atom. The lowest BCUT2D eigenvalue weighted by molar-refractivity contribution is 0.275. The van der Waals surface area contributed by atoms with Gasteiger partial charge in [0.15, 0.2) is 0 Å². The molecule has 0 aromatic carbocycles. The van der Waals surface area contributed by atoms with Crippen LogP contribution in [-0.4, -0.2) is 15.0 Å². The molecule has 0 fully saturated rings. The first-order valence-electron chi connectivity index (χ1n) is 7.19. The first-order chi connectivity index (χ1) is 11.1. The van der Waals surface area contributed by atoms with Crippen molar-refractivity contribution in [3.8, 4) is 6.01 Å². The number of aryl methyl sites for hydroxylation is 2. The maximum atomic E-state index is 12.2. The number of nitrogens with zero attached hydrogens (tertiary/aromatic N) is 2. The Kier molecular flexibility index (Phi) is 3.92. The molecule has 3 heterocycles. The largest absolute Gasteiger partial charge is 0.458 e. The van der Waals surface area contributed by atoms with Gasteiger partial charge in [0.25, 0.3) is 11.6 Å². The fourth-order valence-corrected chi connectivity index (χ4v) is 2.30. The Morgan fingerprint density at radius 2 is 2.09 bits per heavy atom. The van der Waals surface area contributed by atoms with Crippen molar-refractivity contribution in [2.24, 2.45) is 0 Å². The quantitative estimate of drug-likeness (QED) is 0.787. The van der Waals surface area contributed by atoms with Crippen LogP contribution < -0.4 is 15.9 Å². The fourth-order valence-electron chi connectivity index (χ4n) is 2.30. The molecular weight excluding hydrogens is 298 g/mol. The van der Waals surface area contributed by atoms with Crippen LogP contribution in [0, 0.1) is 6.92 Å². The number of hydrogen-bond donors (Lipinski definition) is 1. The van der Waals surface area contributed by atoms with E-state index in [0.29, 0.717) is 17.7 Å². The second-order valence-corrected chi connectivity index (χ2v) is 5.05. The molecule has 3 aromatic rings. The van der Waals surface area contributed by atoms with Crippen molar-refractivity contribution in [3.63, 3.8) is 0 Å². The third-order valence-electron chi connectivity index (χ3n) is 3.36. The summed E-state index contributed by atoms with van der Waals surface area (Å²) in [5, 5.41) is 0.271. The second kappa shape index (κ2) is 6.04. The highest BCUT2D eigenvalue weighted by Gasteiger charge is 2.12. The van der Waals surface area contributed by atoms with Gasteiger partial charge in [0.2, 0.25) is 5.71 Å². The highest BCUT2D eigenvalue weighted by Crippen LogP contribution is 2.14. The molecule has 3 aromatic heterocycles. The van der Waals surface area contributed by atoms with E-state index in [1.54, 1.807) is 0 Å². The summed E-state index contributed by atoms with van der Waals surface area (Å²) < 4.78 is 10.5. The standard InChI is InChI=1S/C16H15N3O4/c1-3-10-7-12(20)23-15-13(10)14(21)18-16(19-15)22-8-11-6-4-5-9(2)17-11/h4-7H,3,8H2,1-2H3,(H,18,19,21). The maximum absolute atomic E-state index is 12.2. The predicted molar refractivity (Wildman–Crippen MR) is 83.6 cm³/mol. The van der Waals surface area contributed by atoms with Gasteiger partial charge < -0.3 is 9.15 Å². The van der Waals surface area contributed by atoms with Crippen molar-refractivity contribution in [2.75, 3.05) is 0 Å². The Hall–Kier alpha value is -2.96. The van der Waals surface area contributed by atoms with Crippen molar-refractivity contribution in [1.29, 1.82) is 0 Å². The molecule has 118 valence electrons. The zero-order valence-electron chi connectivity index (χ0n) is 12.8. The number of H-pyrrole nitrogens is 1. The van der Waals surface area contributed by atoms with Crippen LogP contribution >= 0.6 is 0 Å². The number of aromatic amines is 1. The smallest absolute Gasteiger partial charge is 0.337 e. The molecule has 7 heteroatoms. The van der Waals surface area contributed by atoms with Gasteiger partial charge >= 0.3 is 5.63 Å². The van der Waals surface area contributed by atoms with Crippen LogP contribution in [0.2, 0.25) is 0 Å². The van der Waals surface area contributed by atoms with Crippen molar-refractivity contribution in [2.45, 2.75) is 26.9 Å². The van der Waals surface area contributed by atoms with Crippen molar-refractivity contribution in [1.82, 2.24) is 15.0 Å². The summed E-state index contributed by atoms with van der Waals surface area (Å²) >= 11 is 0. The highest BCUT2D eigenvalue weighted by atomic mass is 16.5. The maximum Gasteiger partial charge on any atom is 0.337 e. The average Bonchev–Trinajstić information content (AvgIpc) is 2.51. The SMILES string of the molecule is CCc1cc(=O)oc2nc(OCc3cccc(C)n3)[nH]c(=O)c12. The lowest BCUT2D eigenvalue weighted by Crippen LogP contribution is -2.15. The molecule has 0 atom stereocenters. The monoisotopic (exact) mass is 313 g/mol. The summed E-state index contributed by atoms with van der Waals surface area (Å²) in [4.78, 5) is 34.7. The summed E-state index contributed by atoms with van der Waals surface area (Å²) in [5.41, 5.74) is 1.20. The number of aromatic nitrogens is 3. The third kappa shape index (κ3) is 3.13. The van der Waals surface area contributed by atoms with E-state index in [1.165, 1.54) is 6.07 Å². The van der Waals surface area contributed by atoms with E-state index in [9.17, 15) is 9.59 Å². The minimum Gasteiger partial charge on any atom is -0.458 e. The molecule has 0 saturated heterocycles. The number of nitrogens with one attached hydrogen (secondary N) is 1. The van der Waals surface area contributed by atoms with E-state index in [0.717, 1.165) is 5.69 Å². The van der Waals surface area contributed by atoms with Gasteiger partial charge in [-0.2, -0.15) is 4.98 Å². The van der Waals surface area contributed by atoms with Gasteiger partial charge in [-0.25, -0.2) is 4.79 Å². The topological polar surface area (TPSA) is 98.1 Å². The van der Waals surface area contributed by atoms with E-state index in [2.05, 4.69) is 15.0 Å². The van der Waals surface area contributed by atoms with E-state index in [-0.39, 0.29) is 23.7 Å². The van der Waals surface area contributed by atoms with Gasteiger partial charge in [-0.15, -0.1) is 0 Å². The van der Waals surface area contributed by atoms with Gasteiger partial charge in [-0.3, -0.25) is 14.8 Å². The van der Waals surface area contributed by atoms with Crippen molar-refractivity contribution in [3.05, 3.63) is 62.0 Å². The number of ether oxygens (including phenoxy) is 1. The molecule has 1 N–H and O–H groups in total. The summed E-state index contributed by atoms with van der Waals surface area (Å²) in [6.45, 7) is 3.87. The first kappa shape index (κ1) is 15.0. The van der Waals surface area contributed by atoms with E-state index in [4.69, 9.17) is 9.15 Å². The number of rotatable bonds is 4. The zero-order valence-corrected chi connectivity index (χ0v) is 12.8.